The Morgan fingerprint density at radius 2 is 2.12 bits per heavy atom. The minimum absolute atomic E-state index is 0.0451. The number of amides is 2. The third kappa shape index (κ3) is 4.47. The zero-order chi connectivity index (χ0) is 12.8. The molecule has 1 heterocycles. The lowest BCUT2D eigenvalue weighted by Gasteiger charge is -2.03. The van der Waals surface area contributed by atoms with Crippen molar-refractivity contribution >= 4 is 39.1 Å². The highest BCUT2D eigenvalue weighted by atomic mass is 79.9. The van der Waals surface area contributed by atoms with Crippen molar-refractivity contribution in [1.82, 2.24) is 10.6 Å². The van der Waals surface area contributed by atoms with Crippen molar-refractivity contribution in [3.63, 3.8) is 0 Å². The Labute approximate surface area is 113 Å². The highest BCUT2D eigenvalue weighted by Crippen LogP contribution is 2.27. The standard InChI is InChI=1S/C11H15BrN2O2S/c1-3-13-9(15)4-5-14-11(16)8-6-7(2)10(12)17-8/h6H,3-5H2,1-2H3,(H,13,15)(H,14,16). The molecule has 2 amide bonds. The number of nitrogens with one attached hydrogen (secondary N) is 2. The van der Waals surface area contributed by atoms with Crippen LogP contribution in [0.15, 0.2) is 9.85 Å². The lowest BCUT2D eigenvalue weighted by atomic mass is 10.3. The van der Waals surface area contributed by atoms with Crippen molar-refractivity contribution in [2.75, 3.05) is 13.1 Å². The average molecular weight is 319 g/mol. The number of carbonyl (C=O) groups excluding carboxylic acids is 2. The van der Waals surface area contributed by atoms with Crippen LogP contribution < -0.4 is 10.6 Å². The Hall–Kier alpha value is -0.880. The fraction of sp³-hybridized carbons (Fsp3) is 0.455. The SMILES string of the molecule is CCNC(=O)CCNC(=O)c1cc(C)c(Br)s1. The first-order valence-corrected chi connectivity index (χ1v) is 6.96. The minimum atomic E-state index is -0.131. The van der Waals surface area contributed by atoms with Crippen LogP contribution in [0, 0.1) is 6.92 Å². The van der Waals surface area contributed by atoms with Crippen LogP contribution in [0.1, 0.15) is 28.6 Å². The molecular formula is C11H15BrN2O2S. The van der Waals surface area contributed by atoms with Gasteiger partial charge in [-0.05, 0) is 41.4 Å². The lowest BCUT2D eigenvalue weighted by Crippen LogP contribution is -2.30. The fourth-order valence-corrected chi connectivity index (χ4v) is 2.69. The van der Waals surface area contributed by atoms with Crippen LogP contribution in [0.5, 0.6) is 0 Å². The molecule has 2 N–H and O–H groups in total. The van der Waals surface area contributed by atoms with Crippen LogP contribution in [0.3, 0.4) is 0 Å². The molecule has 94 valence electrons. The molecule has 0 unspecified atom stereocenters. The molecule has 0 saturated heterocycles. The maximum Gasteiger partial charge on any atom is 0.261 e. The molecule has 0 aliphatic heterocycles. The van der Waals surface area contributed by atoms with E-state index in [0.717, 1.165) is 9.35 Å². The van der Waals surface area contributed by atoms with Gasteiger partial charge in [-0.3, -0.25) is 9.59 Å². The summed E-state index contributed by atoms with van der Waals surface area (Å²) in [5.41, 5.74) is 1.05. The van der Waals surface area contributed by atoms with Gasteiger partial charge in [0.25, 0.3) is 5.91 Å². The van der Waals surface area contributed by atoms with Crippen molar-refractivity contribution in [2.45, 2.75) is 20.3 Å². The first-order valence-electron chi connectivity index (χ1n) is 5.35. The Bertz CT molecular complexity index is 398. The largest absolute Gasteiger partial charge is 0.356 e. The fourth-order valence-electron chi connectivity index (χ4n) is 1.23. The van der Waals surface area contributed by atoms with Crippen LogP contribution in [-0.2, 0) is 4.79 Å². The molecule has 4 nitrogen and oxygen atoms in total. The van der Waals surface area contributed by atoms with Gasteiger partial charge in [0.1, 0.15) is 0 Å². The summed E-state index contributed by atoms with van der Waals surface area (Å²) in [4.78, 5) is 23.5. The first-order chi connectivity index (χ1) is 8.04. The summed E-state index contributed by atoms with van der Waals surface area (Å²) in [6, 6.07) is 1.83. The molecule has 1 aromatic heterocycles. The zero-order valence-electron chi connectivity index (χ0n) is 9.80. The van der Waals surface area contributed by atoms with Gasteiger partial charge in [-0.15, -0.1) is 11.3 Å². The first kappa shape index (κ1) is 14.2. The molecule has 0 aliphatic carbocycles. The van der Waals surface area contributed by atoms with Gasteiger partial charge in [0, 0.05) is 19.5 Å². The molecule has 0 aromatic carbocycles. The molecule has 0 atom stereocenters. The van der Waals surface area contributed by atoms with Crippen LogP contribution in [0.2, 0.25) is 0 Å². The van der Waals surface area contributed by atoms with Gasteiger partial charge in [0.05, 0.1) is 8.66 Å². The van der Waals surface area contributed by atoms with Gasteiger partial charge in [0.2, 0.25) is 5.91 Å². The van der Waals surface area contributed by atoms with Crippen molar-refractivity contribution in [1.29, 1.82) is 0 Å². The highest BCUT2D eigenvalue weighted by Gasteiger charge is 2.11. The van der Waals surface area contributed by atoms with E-state index in [0.29, 0.717) is 24.4 Å². The van der Waals surface area contributed by atoms with Gasteiger partial charge in [-0.25, -0.2) is 0 Å². The quantitative estimate of drug-likeness (QED) is 0.873. The molecule has 0 radical (unpaired) electrons. The predicted molar refractivity (Wildman–Crippen MR) is 72.4 cm³/mol. The van der Waals surface area contributed by atoms with Crippen molar-refractivity contribution in [3.8, 4) is 0 Å². The van der Waals surface area contributed by atoms with E-state index in [1.165, 1.54) is 11.3 Å². The molecule has 1 rings (SSSR count). The highest BCUT2D eigenvalue weighted by molar-refractivity contribution is 9.11. The number of halogens is 1. The van der Waals surface area contributed by atoms with Crippen LogP contribution in [0.25, 0.3) is 0 Å². The Morgan fingerprint density at radius 3 is 2.65 bits per heavy atom. The van der Waals surface area contributed by atoms with E-state index in [2.05, 4.69) is 26.6 Å². The van der Waals surface area contributed by atoms with E-state index >= 15 is 0 Å². The monoisotopic (exact) mass is 318 g/mol. The van der Waals surface area contributed by atoms with Crippen LogP contribution in [-0.4, -0.2) is 24.9 Å². The van der Waals surface area contributed by atoms with Crippen LogP contribution in [0.4, 0.5) is 0 Å². The molecule has 0 saturated carbocycles. The summed E-state index contributed by atoms with van der Waals surface area (Å²) < 4.78 is 0.964. The Balaban J connectivity index is 2.37. The zero-order valence-corrected chi connectivity index (χ0v) is 12.2. The summed E-state index contributed by atoms with van der Waals surface area (Å²) in [7, 11) is 0. The van der Waals surface area contributed by atoms with Gasteiger partial charge >= 0.3 is 0 Å². The molecule has 1 aromatic rings. The van der Waals surface area contributed by atoms with Crippen LogP contribution >= 0.6 is 27.3 Å². The summed E-state index contributed by atoms with van der Waals surface area (Å²) in [6.45, 7) is 4.78. The van der Waals surface area contributed by atoms with E-state index in [9.17, 15) is 9.59 Å². The number of rotatable bonds is 5. The molecular weight excluding hydrogens is 304 g/mol. The predicted octanol–water partition coefficient (Wildman–Crippen LogP) is 2.08. The number of hydrogen-bond donors (Lipinski definition) is 2. The van der Waals surface area contributed by atoms with E-state index < -0.39 is 0 Å². The second kappa shape index (κ2) is 6.76. The van der Waals surface area contributed by atoms with Crippen molar-refractivity contribution in [3.05, 3.63) is 20.3 Å². The number of hydrogen-bond acceptors (Lipinski definition) is 3. The molecule has 0 spiro atoms. The third-order valence-electron chi connectivity index (χ3n) is 2.09. The number of carbonyl (C=O) groups is 2. The lowest BCUT2D eigenvalue weighted by molar-refractivity contribution is -0.120. The maximum absolute atomic E-state index is 11.7. The Kier molecular flexibility index (Phi) is 5.64. The van der Waals surface area contributed by atoms with Gasteiger partial charge in [0.15, 0.2) is 0 Å². The molecule has 0 fully saturated rings. The topological polar surface area (TPSA) is 58.2 Å². The molecule has 17 heavy (non-hydrogen) atoms. The van der Waals surface area contributed by atoms with Gasteiger partial charge in [-0.2, -0.15) is 0 Å². The van der Waals surface area contributed by atoms with Gasteiger partial charge in [-0.1, -0.05) is 0 Å². The van der Waals surface area contributed by atoms with Crippen molar-refractivity contribution < 1.29 is 9.59 Å². The summed E-state index contributed by atoms with van der Waals surface area (Å²) in [6.07, 6.45) is 0.311. The van der Waals surface area contributed by atoms with Gasteiger partial charge < -0.3 is 10.6 Å². The van der Waals surface area contributed by atoms with E-state index in [4.69, 9.17) is 0 Å². The van der Waals surface area contributed by atoms with Crippen molar-refractivity contribution in [2.24, 2.45) is 0 Å². The molecule has 0 bridgehead atoms. The summed E-state index contributed by atoms with van der Waals surface area (Å²) in [5.74, 6) is -0.176. The number of aryl methyl sites for hydroxylation is 1. The Morgan fingerprint density at radius 1 is 1.41 bits per heavy atom. The minimum Gasteiger partial charge on any atom is -0.356 e. The second-order valence-corrected chi connectivity index (χ2v) is 5.90. The van der Waals surface area contributed by atoms with E-state index in [-0.39, 0.29) is 11.8 Å². The normalized spacial score (nSPS) is 10.1. The second-order valence-electron chi connectivity index (χ2n) is 3.53. The average Bonchev–Trinajstić information content (AvgIpc) is 2.59. The van der Waals surface area contributed by atoms with E-state index in [1.807, 2.05) is 19.9 Å². The molecule has 6 heteroatoms. The smallest absolute Gasteiger partial charge is 0.261 e. The third-order valence-corrected chi connectivity index (χ3v) is 4.23. The number of thiophene rings is 1. The molecule has 0 aliphatic rings. The maximum atomic E-state index is 11.7. The summed E-state index contributed by atoms with van der Waals surface area (Å²) in [5, 5.41) is 5.40. The summed E-state index contributed by atoms with van der Waals surface area (Å²) >= 11 is 4.77. The van der Waals surface area contributed by atoms with E-state index in [1.54, 1.807) is 0 Å².